The van der Waals surface area contributed by atoms with Crippen LogP contribution in [0.1, 0.15) is 50.5 Å². The summed E-state index contributed by atoms with van der Waals surface area (Å²) in [6, 6.07) is 1.31. The monoisotopic (exact) mass is 442 g/mol. The molecular weight excluding hydrogens is 415 g/mol. The van der Waals surface area contributed by atoms with Crippen molar-refractivity contribution in [2.45, 2.75) is 45.2 Å². The summed E-state index contributed by atoms with van der Waals surface area (Å²) in [5.41, 5.74) is -1.16. The molecule has 3 heterocycles. The van der Waals surface area contributed by atoms with E-state index >= 15 is 0 Å². The van der Waals surface area contributed by atoms with Crippen LogP contribution in [0.2, 0.25) is 0 Å². The molecule has 2 atom stereocenters. The number of aromatic nitrogens is 4. The number of H-pyrrole nitrogens is 1. The van der Waals surface area contributed by atoms with Gasteiger partial charge in [-0.25, -0.2) is 14.4 Å². The Labute approximate surface area is 185 Å². The van der Waals surface area contributed by atoms with Crippen molar-refractivity contribution < 1.29 is 9.13 Å². The van der Waals surface area contributed by atoms with Gasteiger partial charge in [0, 0.05) is 26.3 Å². The predicted molar refractivity (Wildman–Crippen MR) is 117 cm³/mol. The van der Waals surface area contributed by atoms with Gasteiger partial charge >= 0.3 is 0 Å². The van der Waals surface area contributed by atoms with Crippen molar-refractivity contribution in [3.63, 3.8) is 0 Å². The van der Waals surface area contributed by atoms with E-state index in [0.717, 1.165) is 25.2 Å². The van der Waals surface area contributed by atoms with E-state index in [-0.39, 0.29) is 29.4 Å². The lowest BCUT2D eigenvalue weighted by atomic mass is 9.93. The second-order valence-corrected chi connectivity index (χ2v) is 7.78. The van der Waals surface area contributed by atoms with Crippen LogP contribution in [-0.2, 0) is 4.74 Å². The van der Waals surface area contributed by atoms with Crippen molar-refractivity contribution in [3.8, 4) is 6.07 Å². The van der Waals surface area contributed by atoms with Gasteiger partial charge in [0.25, 0.3) is 5.56 Å². The van der Waals surface area contributed by atoms with Crippen LogP contribution in [0.25, 0.3) is 0 Å². The van der Waals surface area contributed by atoms with E-state index < -0.39 is 17.1 Å². The third-order valence-corrected chi connectivity index (χ3v) is 5.73. The Morgan fingerprint density at radius 2 is 2.09 bits per heavy atom. The molecule has 0 aliphatic carbocycles. The lowest BCUT2D eigenvalue weighted by molar-refractivity contribution is 0.0622. The topological polar surface area (TPSA) is 144 Å². The third-order valence-electron chi connectivity index (χ3n) is 5.73. The summed E-state index contributed by atoms with van der Waals surface area (Å²) in [4.78, 5) is 29.9. The number of rotatable bonds is 8. The number of aromatic amines is 1. The molecule has 0 saturated carbocycles. The second-order valence-electron chi connectivity index (χ2n) is 7.78. The Morgan fingerprint density at radius 1 is 1.44 bits per heavy atom. The number of nitriles is 1. The number of anilines is 2. The Bertz CT molecular complexity index is 1040. The zero-order valence-electron chi connectivity index (χ0n) is 18.4. The minimum Gasteiger partial charge on any atom is -0.381 e. The smallest absolute Gasteiger partial charge is 0.264 e. The Hall–Kier alpha value is -3.39. The first-order valence-corrected chi connectivity index (χ1v) is 10.5. The van der Waals surface area contributed by atoms with Crippen LogP contribution in [0.3, 0.4) is 0 Å². The number of nitrogens with zero attached hydrogens (tertiary/aromatic N) is 5. The van der Waals surface area contributed by atoms with E-state index in [1.807, 2.05) is 13.8 Å². The van der Waals surface area contributed by atoms with Crippen molar-refractivity contribution in [2.24, 2.45) is 5.92 Å². The first-order chi connectivity index (χ1) is 15.3. The normalized spacial score (nSPS) is 16.1. The van der Waals surface area contributed by atoms with Crippen LogP contribution < -0.4 is 15.8 Å². The van der Waals surface area contributed by atoms with Gasteiger partial charge in [-0.3, -0.25) is 15.2 Å². The van der Waals surface area contributed by atoms with Crippen LogP contribution in [0.4, 0.5) is 16.2 Å². The molecule has 1 aliphatic heterocycles. The summed E-state index contributed by atoms with van der Waals surface area (Å²) < 4.78 is 18.7. The van der Waals surface area contributed by atoms with E-state index in [0.29, 0.717) is 31.4 Å². The summed E-state index contributed by atoms with van der Waals surface area (Å²) in [6.45, 7) is 5.25. The fourth-order valence-electron chi connectivity index (χ4n) is 3.84. The van der Waals surface area contributed by atoms with E-state index in [2.05, 4.69) is 25.3 Å². The third kappa shape index (κ3) is 5.08. The second kappa shape index (κ2) is 10.3. The molecule has 170 valence electrons. The van der Waals surface area contributed by atoms with E-state index in [4.69, 9.17) is 10.1 Å². The van der Waals surface area contributed by atoms with Crippen LogP contribution >= 0.6 is 0 Å². The average molecular weight is 442 g/mol. The zero-order valence-corrected chi connectivity index (χ0v) is 18.4. The highest BCUT2D eigenvalue weighted by Gasteiger charge is 2.26. The molecule has 11 heteroatoms. The lowest BCUT2D eigenvalue weighted by Gasteiger charge is -2.30. The van der Waals surface area contributed by atoms with Crippen LogP contribution in [-0.4, -0.2) is 52.0 Å². The SMILES string of the molecule is CCC(c1ncc(F)cn1)N(C)c1nc(NC(C)C2CCOCC2)c(C(=N)C#N)c(=O)[nH]1. The zero-order chi connectivity index (χ0) is 23.3. The van der Waals surface area contributed by atoms with Crippen molar-refractivity contribution in [3.05, 3.63) is 40.0 Å². The Balaban J connectivity index is 1.97. The molecule has 10 nitrogen and oxygen atoms in total. The number of hydrogen-bond acceptors (Lipinski definition) is 9. The molecule has 1 aliphatic rings. The fourth-order valence-corrected chi connectivity index (χ4v) is 3.84. The van der Waals surface area contributed by atoms with Gasteiger partial charge in [-0.2, -0.15) is 10.2 Å². The van der Waals surface area contributed by atoms with Gasteiger partial charge < -0.3 is 15.0 Å². The fraction of sp³-hybridized carbons (Fsp3) is 0.524. The molecule has 2 aromatic rings. The first-order valence-electron chi connectivity index (χ1n) is 10.5. The molecule has 0 aromatic carbocycles. The molecule has 1 saturated heterocycles. The van der Waals surface area contributed by atoms with Gasteiger partial charge in [0.05, 0.1) is 18.4 Å². The highest BCUT2D eigenvalue weighted by atomic mass is 19.1. The molecular formula is C21H27FN8O2. The van der Waals surface area contributed by atoms with Crippen LogP contribution in [0.5, 0.6) is 0 Å². The number of halogens is 1. The molecule has 3 rings (SSSR count). The molecule has 0 amide bonds. The minimum atomic E-state index is -0.593. The molecule has 3 N–H and O–H groups in total. The molecule has 2 unspecified atom stereocenters. The summed E-state index contributed by atoms with van der Waals surface area (Å²) in [5.74, 6) is 0.567. The van der Waals surface area contributed by atoms with Crippen molar-refractivity contribution in [2.75, 3.05) is 30.5 Å². The molecule has 0 spiro atoms. The van der Waals surface area contributed by atoms with Gasteiger partial charge in [-0.1, -0.05) is 6.92 Å². The Kier molecular flexibility index (Phi) is 7.48. The van der Waals surface area contributed by atoms with Gasteiger partial charge in [0.1, 0.15) is 23.2 Å². The average Bonchev–Trinajstić information content (AvgIpc) is 2.80. The van der Waals surface area contributed by atoms with Crippen molar-refractivity contribution in [1.82, 2.24) is 19.9 Å². The maximum Gasteiger partial charge on any atom is 0.264 e. The van der Waals surface area contributed by atoms with E-state index in [9.17, 15) is 14.4 Å². The van der Waals surface area contributed by atoms with Gasteiger partial charge in [0.15, 0.2) is 11.6 Å². The highest BCUT2D eigenvalue weighted by Crippen LogP contribution is 2.26. The largest absolute Gasteiger partial charge is 0.381 e. The molecule has 2 aromatic heterocycles. The molecule has 32 heavy (non-hydrogen) atoms. The number of ether oxygens (including phenoxy) is 1. The predicted octanol–water partition coefficient (Wildman–Crippen LogP) is 2.40. The van der Waals surface area contributed by atoms with Crippen LogP contribution in [0.15, 0.2) is 17.2 Å². The quantitative estimate of drug-likeness (QED) is 0.529. The minimum absolute atomic E-state index is 0.0426. The number of nitrogens with one attached hydrogen (secondary N) is 3. The number of hydrogen-bond donors (Lipinski definition) is 3. The van der Waals surface area contributed by atoms with Crippen LogP contribution in [0, 0.1) is 28.5 Å². The van der Waals surface area contributed by atoms with E-state index in [1.54, 1.807) is 18.0 Å². The summed E-state index contributed by atoms with van der Waals surface area (Å²) in [5, 5.41) is 20.4. The van der Waals surface area contributed by atoms with Crippen molar-refractivity contribution >= 4 is 17.5 Å². The first kappa shape index (κ1) is 23.3. The van der Waals surface area contributed by atoms with Gasteiger partial charge in [0.2, 0.25) is 5.95 Å². The molecule has 1 fully saturated rings. The highest BCUT2D eigenvalue weighted by molar-refractivity contribution is 6.12. The maximum absolute atomic E-state index is 13.3. The molecule has 0 bridgehead atoms. The Morgan fingerprint density at radius 3 is 2.69 bits per heavy atom. The summed E-state index contributed by atoms with van der Waals surface area (Å²) in [7, 11) is 1.72. The maximum atomic E-state index is 13.3. The lowest BCUT2D eigenvalue weighted by Crippen LogP contribution is -2.35. The summed E-state index contributed by atoms with van der Waals surface area (Å²) in [6.07, 6.45) is 4.50. The van der Waals surface area contributed by atoms with E-state index in [1.165, 1.54) is 0 Å². The standard InChI is InChI=1S/C21H27FN8O2/c1-4-16(18-25-10-14(22)11-26-18)30(3)21-28-19(17(15(24)9-23)20(31)29-21)27-12(2)13-5-7-32-8-6-13/h10-13,16,24H,4-8H2,1-3H3,(H2,27,28,29,31). The van der Waals surface area contributed by atoms with Gasteiger partial charge in [-0.15, -0.1) is 0 Å². The van der Waals surface area contributed by atoms with Gasteiger partial charge in [-0.05, 0) is 32.1 Å². The summed E-state index contributed by atoms with van der Waals surface area (Å²) >= 11 is 0. The molecule has 0 radical (unpaired) electrons. The van der Waals surface area contributed by atoms with Crippen molar-refractivity contribution in [1.29, 1.82) is 10.7 Å².